The van der Waals surface area contributed by atoms with Crippen molar-refractivity contribution in [3.63, 3.8) is 0 Å². The van der Waals surface area contributed by atoms with E-state index in [0.29, 0.717) is 0 Å². The van der Waals surface area contributed by atoms with E-state index >= 15 is 0 Å². The summed E-state index contributed by atoms with van der Waals surface area (Å²) in [5.41, 5.74) is 0. The van der Waals surface area contributed by atoms with Crippen molar-refractivity contribution in [3.05, 3.63) is 0 Å². The molecular formula is C16H26ClF2N3O9. The van der Waals surface area contributed by atoms with Crippen LogP contribution in [-0.4, -0.2) is 104 Å². The number of alkyl halides is 2. The fraction of sp³-hybridized carbons (Fsp3) is 0.812. The molecule has 1 heterocycles. The first-order valence-corrected chi connectivity index (χ1v) is 9.52. The number of nitrogens with one attached hydrogen (secondary N) is 3. The molecule has 0 spiro atoms. The van der Waals surface area contributed by atoms with Crippen LogP contribution in [0.25, 0.3) is 0 Å². The summed E-state index contributed by atoms with van der Waals surface area (Å²) in [5.74, 6) is -7.35. The van der Waals surface area contributed by atoms with E-state index in [1.165, 1.54) is 13.8 Å². The smallest absolute Gasteiger partial charge is 0.325 e. The Labute approximate surface area is 180 Å². The highest BCUT2D eigenvalue weighted by atomic mass is 35.5. The summed E-state index contributed by atoms with van der Waals surface area (Å²) in [5, 5.41) is 51.3. The van der Waals surface area contributed by atoms with Gasteiger partial charge in [0.1, 0.15) is 48.6 Å². The van der Waals surface area contributed by atoms with Gasteiger partial charge in [-0.2, -0.15) is 0 Å². The molecule has 1 aliphatic heterocycles. The molecule has 1 saturated heterocycles. The first-order chi connectivity index (χ1) is 14.3. The standard InChI is InChI=1S/C16H26ClF2N3O9/c1-5(13(27)21-6(2)15(29)30)20-14(28)7(22-17)3-16(18,19)12-11(26)10(25)9(24)8(4-23)31-12/h5-12,22-26H,3-4H2,1-2H3,(H,20,28)(H,21,27)(H,29,30)/t5-,6-,7+,8+,9-,10-,11+,12?/m0/s1. The van der Waals surface area contributed by atoms with Gasteiger partial charge in [-0.25, -0.2) is 13.6 Å². The largest absolute Gasteiger partial charge is 0.480 e. The number of carboxylic acids is 1. The quantitative estimate of drug-likeness (QED) is 0.151. The molecule has 2 amide bonds. The Morgan fingerprint density at radius 3 is 2.06 bits per heavy atom. The Kier molecular flexibility index (Phi) is 9.94. The topological polar surface area (TPSA) is 198 Å². The second-order valence-electron chi connectivity index (χ2n) is 7.18. The number of aliphatic carboxylic acids is 1. The van der Waals surface area contributed by atoms with Crippen LogP contribution in [0.4, 0.5) is 8.78 Å². The van der Waals surface area contributed by atoms with Crippen molar-refractivity contribution in [3.8, 4) is 0 Å². The third-order valence-corrected chi connectivity index (χ3v) is 4.98. The lowest BCUT2D eigenvalue weighted by atomic mass is 9.89. The van der Waals surface area contributed by atoms with Crippen molar-refractivity contribution in [2.24, 2.45) is 0 Å². The maximum atomic E-state index is 14.7. The number of carboxylic acid groups (broad SMARTS) is 1. The van der Waals surface area contributed by atoms with Gasteiger partial charge in [0.15, 0.2) is 0 Å². The van der Waals surface area contributed by atoms with E-state index in [9.17, 15) is 38.5 Å². The molecule has 1 aliphatic rings. The molecule has 0 aromatic rings. The van der Waals surface area contributed by atoms with E-state index < -0.39 is 85.4 Å². The molecule has 0 bridgehead atoms. The average Bonchev–Trinajstić information content (AvgIpc) is 2.69. The molecule has 31 heavy (non-hydrogen) atoms. The van der Waals surface area contributed by atoms with Gasteiger partial charge in [0.2, 0.25) is 11.8 Å². The van der Waals surface area contributed by atoms with Crippen molar-refractivity contribution < 1.29 is 53.4 Å². The SMILES string of the molecule is C[C@H](NC(=O)[C@H](C)NC(=O)[C@@H](CC(F)(F)C1O[C@H](CO)[C@H](O)[C@H](O)[C@H]1O)NCl)C(=O)O. The van der Waals surface area contributed by atoms with Gasteiger partial charge >= 0.3 is 5.97 Å². The van der Waals surface area contributed by atoms with Crippen LogP contribution in [0.3, 0.4) is 0 Å². The minimum absolute atomic E-state index is 0.891. The molecule has 0 aromatic carbocycles. The van der Waals surface area contributed by atoms with Crippen molar-refractivity contribution in [1.82, 2.24) is 15.5 Å². The fourth-order valence-corrected chi connectivity index (χ4v) is 2.98. The lowest BCUT2D eigenvalue weighted by molar-refractivity contribution is -0.282. The second-order valence-corrected chi connectivity index (χ2v) is 7.39. The number of ether oxygens (including phenoxy) is 1. The molecule has 0 saturated carbocycles. The number of carbonyl (C=O) groups is 3. The third-order valence-electron chi connectivity index (χ3n) is 4.71. The van der Waals surface area contributed by atoms with E-state index in [1.54, 1.807) is 0 Å². The fourth-order valence-electron chi connectivity index (χ4n) is 2.80. The molecule has 0 aliphatic carbocycles. The van der Waals surface area contributed by atoms with Crippen molar-refractivity contribution >= 4 is 29.6 Å². The Balaban J connectivity index is 2.84. The third kappa shape index (κ3) is 6.90. The highest BCUT2D eigenvalue weighted by Gasteiger charge is 2.55. The normalized spacial score (nSPS) is 29.5. The number of halogens is 3. The van der Waals surface area contributed by atoms with Crippen LogP contribution in [0.15, 0.2) is 0 Å². The second kappa shape index (κ2) is 11.3. The van der Waals surface area contributed by atoms with Gasteiger partial charge < -0.3 is 40.9 Å². The van der Waals surface area contributed by atoms with Crippen molar-refractivity contribution in [2.75, 3.05) is 6.61 Å². The van der Waals surface area contributed by atoms with Gasteiger partial charge in [-0.15, -0.1) is 0 Å². The van der Waals surface area contributed by atoms with Gasteiger partial charge in [0.05, 0.1) is 6.61 Å². The number of rotatable bonds is 10. The summed E-state index contributed by atoms with van der Waals surface area (Å²) >= 11 is 5.39. The minimum atomic E-state index is -3.98. The minimum Gasteiger partial charge on any atom is -0.480 e. The van der Waals surface area contributed by atoms with Crippen LogP contribution in [-0.2, 0) is 19.1 Å². The van der Waals surface area contributed by atoms with Crippen molar-refractivity contribution in [2.45, 2.75) is 74.8 Å². The summed E-state index contributed by atoms with van der Waals surface area (Å²) in [7, 11) is 0. The van der Waals surface area contributed by atoms with Gasteiger partial charge in [0.25, 0.3) is 5.92 Å². The number of aliphatic hydroxyl groups excluding tert-OH is 4. The Hall–Kier alpha value is -1.68. The molecule has 1 unspecified atom stereocenters. The number of carbonyl (C=O) groups excluding carboxylic acids is 2. The summed E-state index contributed by atoms with van der Waals surface area (Å²) in [6.45, 7) is 1.44. The molecule has 180 valence electrons. The molecule has 8 N–H and O–H groups in total. The highest BCUT2D eigenvalue weighted by molar-refractivity contribution is 6.15. The van der Waals surface area contributed by atoms with E-state index in [2.05, 4.69) is 10.6 Å². The summed E-state index contributed by atoms with van der Waals surface area (Å²) in [4.78, 5) is 36.7. The first-order valence-electron chi connectivity index (χ1n) is 9.14. The van der Waals surface area contributed by atoms with Gasteiger partial charge in [-0.05, 0) is 25.6 Å². The summed E-state index contributed by atoms with van der Waals surface area (Å²) < 4.78 is 34.3. The average molecular weight is 478 g/mol. The number of amides is 2. The van der Waals surface area contributed by atoms with Gasteiger partial charge in [-0.3, -0.25) is 14.4 Å². The van der Waals surface area contributed by atoms with Gasteiger partial charge in [0, 0.05) is 6.42 Å². The van der Waals surface area contributed by atoms with Crippen LogP contribution in [0.2, 0.25) is 0 Å². The zero-order valence-electron chi connectivity index (χ0n) is 16.5. The molecule has 0 radical (unpaired) electrons. The summed E-state index contributed by atoms with van der Waals surface area (Å²) in [6.07, 6.45) is -11.5. The predicted octanol–water partition coefficient (Wildman–Crippen LogP) is -2.94. The zero-order valence-corrected chi connectivity index (χ0v) is 17.3. The number of aliphatic hydroxyl groups is 4. The van der Waals surface area contributed by atoms with E-state index in [-0.39, 0.29) is 0 Å². The van der Waals surface area contributed by atoms with E-state index in [0.717, 1.165) is 0 Å². The first kappa shape index (κ1) is 27.4. The number of hydrogen-bond acceptors (Lipinski definition) is 9. The van der Waals surface area contributed by atoms with Crippen LogP contribution >= 0.6 is 11.8 Å². The monoisotopic (exact) mass is 477 g/mol. The van der Waals surface area contributed by atoms with E-state index in [4.69, 9.17) is 26.7 Å². The van der Waals surface area contributed by atoms with E-state index in [1.807, 2.05) is 4.84 Å². The van der Waals surface area contributed by atoms with Crippen LogP contribution in [0.1, 0.15) is 20.3 Å². The van der Waals surface area contributed by atoms with Crippen LogP contribution < -0.4 is 15.5 Å². The molecule has 1 fully saturated rings. The molecular weight excluding hydrogens is 452 g/mol. The Morgan fingerprint density at radius 1 is 1.03 bits per heavy atom. The lowest BCUT2D eigenvalue weighted by Gasteiger charge is -2.43. The molecule has 12 nitrogen and oxygen atoms in total. The lowest BCUT2D eigenvalue weighted by Crippen LogP contribution is -2.64. The summed E-state index contributed by atoms with van der Waals surface area (Å²) in [6, 6.07) is -4.37. The molecule has 8 atom stereocenters. The Morgan fingerprint density at radius 2 is 1.58 bits per heavy atom. The molecule has 0 aromatic heterocycles. The number of hydrogen-bond donors (Lipinski definition) is 8. The van der Waals surface area contributed by atoms with Crippen LogP contribution in [0, 0.1) is 0 Å². The zero-order chi connectivity index (χ0) is 24.1. The Bertz CT molecular complexity index is 658. The molecule has 15 heteroatoms. The van der Waals surface area contributed by atoms with Crippen LogP contribution in [0.5, 0.6) is 0 Å². The predicted molar refractivity (Wildman–Crippen MR) is 99.0 cm³/mol. The van der Waals surface area contributed by atoms with Gasteiger partial charge in [-0.1, -0.05) is 0 Å². The maximum Gasteiger partial charge on any atom is 0.325 e. The van der Waals surface area contributed by atoms with Crippen molar-refractivity contribution in [1.29, 1.82) is 0 Å². The maximum absolute atomic E-state index is 14.7. The molecule has 1 rings (SSSR count). The highest BCUT2D eigenvalue weighted by Crippen LogP contribution is 2.35.